The number of hydrogen-bond donors (Lipinski definition) is 1. The number of carboxylic acids is 1. The zero-order valence-corrected chi connectivity index (χ0v) is 18.8. The Morgan fingerprint density at radius 3 is 2.31 bits per heavy atom. The molecule has 0 saturated carbocycles. The molecule has 0 radical (unpaired) electrons. The van der Waals surface area contributed by atoms with Crippen LogP contribution < -0.4 is 4.74 Å². The topological polar surface area (TPSA) is 72.6 Å². The number of halogens is 3. The largest absolute Gasteiger partial charge is 0.489 e. The summed E-state index contributed by atoms with van der Waals surface area (Å²) in [6.45, 7) is 2.01. The van der Waals surface area contributed by atoms with Gasteiger partial charge in [-0.05, 0) is 59.5 Å². The molecule has 35 heavy (non-hydrogen) atoms. The van der Waals surface area contributed by atoms with Crippen molar-refractivity contribution in [1.29, 1.82) is 0 Å². The number of benzene rings is 3. The fourth-order valence-electron chi connectivity index (χ4n) is 3.77. The number of aromatic nitrogens is 1. The lowest BCUT2D eigenvalue weighted by molar-refractivity contribution is -0.138. The molecule has 0 amide bonds. The van der Waals surface area contributed by atoms with Crippen LogP contribution in [0.3, 0.4) is 0 Å². The number of ether oxygens (including phenoxy) is 1. The van der Waals surface area contributed by atoms with Crippen LogP contribution in [0.4, 0.5) is 13.2 Å². The Hall–Kier alpha value is -4.07. The normalized spacial score (nSPS) is 12.3. The second-order valence-corrected chi connectivity index (χ2v) is 8.15. The molecular weight excluding hydrogens is 459 g/mol. The number of rotatable bonds is 8. The van der Waals surface area contributed by atoms with Gasteiger partial charge in [0.25, 0.3) is 0 Å². The van der Waals surface area contributed by atoms with Crippen molar-refractivity contribution in [1.82, 2.24) is 5.16 Å². The van der Waals surface area contributed by atoms with E-state index in [2.05, 4.69) is 5.16 Å². The van der Waals surface area contributed by atoms with E-state index in [1.54, 1.807) is 37.3 Å². The van der Waals surface area contributed by atoms with E-state index in [1.807, 2.05) is 24.3 Å². The highest BCUT2D eigenvalue weighted by molar-refractivity contribution is 5.69. The average Bonchev–Trinajstić information content (AvgIpc) is 3.27. The molecule has 1 aromatic heterocycles. The highest BCUT2D eigenvalue weighted by Gasteiger charge is 2.30. The first-order valence-electron chi connectivity index (χ1n) is 10.8. The molecule has 0 aliphatic rings. The molecule has 1 N–H and O–H groups in total. The van der Waals surface area contributed by atoms with Gasteiger partial charge in [-0.15, -0.1) is 0 Å². The summed E-state index contributed by atoms with van der Waals surface area (Å²) in [5, 5.41) is 13.3. The van der Waals surface area contributed by atoms with Crippen LogP contribution in [0.5, 0.6) is 5.75 Å². The van der Waals surface area contributed by atoms with Crippen LogP contribution in [0.2, 0.25) is 0 Å². The van der Waals surface area contributed by atoms with Gasteiger partial charge in [-0.25, -0.2) is 0 Å². The first-order valence-corrected chi connectivity index (χ1v) is 10.8. The Bertz CT molecular complexity index is 1300. The Labute approximate surface area is 199 Å². The lowest BCUT2D eigenvalue weighted by atomic mass is 9.92. The zero-order valence-electron chi connectivity index (χ0n) is 18.8. The molecule has 1 heterocycles. The third-order valence-electron chi connectivity index (χ3n) is 5.54. The standard InChI is InChI=1S/C27H22F3NO4/c1-17-13-25(31-35-17)24(15-26(32)33)20-7-11-23(12-8-20)34-16-18-3-2-4-21(14-18)19-5-9-22(10-6-19)27(28,29)30/h2-14,24H,15-16H2,1H3,(H,32,33)/t24-/m0/s1. The number of carboxylic acid groups (broad SMARTS) is 1. The van der Waals surface area contributed by atoms with E-state index >= 15 is 0 Å². The molecule has 0 spiro atoms. The number of aliphatic carboxylic acids is 1. The molecule has 0 unspecified atom stereocenters. The molecule has 1 atom stereocenters. The van der Waals surface area contributed by atoms with Crippen molar-refractivity contribution in [2.45, 2.75) is 32.0 Å². The number of alkyl halides is 3. The minimum Gasteiger partial charge on any atom is -0.489 e. The maximum absolute atomic E-state index is 12.8. The van der Waals surface area contributed by atoms with Crippen molar-refractivity contribution in [2.75, 3.05) is 0 Å². The molecule has 8 heteroatoms. The summed E-state index contributed by atoms with van der Waals surface area (Å²) in [4.78, 5) is 11.3. The van der Waals surface area contributed by atoms with E-state index in [0.717, 1.165) is 28.8 Å². The summed E-state index contributed by atoms with van der Waals surface area (Å²) >= 11 is 0. The van der Waals surface area contributed by atoms with Crippen LogP contribution in [0.25, 0.3) is 11.1 Å². The predicted molar refractivity (Wildman–Crippen MR) is 123 cm³/mol. The number of carbonyl (C=O) groups is 1. The molecule has 0 bridgehead atoms. The number of nitrogens with zero attached hydrogens (tertiary/aromatic N) is 1. The van der Waals surface area contributed by atoms with Crippen LogP contribution in [0.15, 0.2) is 83.4 Å². The van der Waals surface area contributed by atoms with Gasteiger partial charge >= 0.3 is 12.1 Å². The third-order valence-corrected chi connectivity index (χ3v) is 5.54. The van der Waals surface area contributed by atoms with E-state index in [-0.39, 0.29) is 13.0 Å². The van der Waals surface area contributed by atoms with E-state index in [0.29, 0.717) is 22.8 Å². The van der Waals surface area contributed by atoms with Gasteiger partial charge in [0.2, 0.25) is 0 Å². The van der Waals surface area contributed by atoms with Gasteiger partial charge in [-0.1, -0.05) is 47.6 Å². The predicted octanol–water partition coefficient (Wildman–Crippen LogP) is 6.85. The van der Waals surface area contributed by atoms with Gasteiger partial charge in [0.15, 0.2) is 0 Å². The van der Waals surface area contributed by atoms with Crippen LogP contribution in [-0.4, -0.2) is 16.2 Å². The Kier molecular flexibility index (Phi) is 6.91. The Morgan fingerprint density at radius 2 is 1.71 bits per heavy atom. The van der Waals surface area contributed by atoms with Crippen molar-refractivity contribution in [3.05, 3.63) is 107 Å². The van der Waals surface area contributed by atoms with Crippen LogP contribution in [-0.2, 0) is 17.6 Å². The third kappa shape index (κ3) is 6.09. The summed E-state index contributed by atoms with van der Waals surface area (Å²) in [7, 11) is 0. The molecule has 0 fully saturated rings. The highest BCUT2D eigenvalue weighted by atomic mass is 19.4. The van der Waals surface area contributed by atoms with Gasteiger partial charge in [-0.2, -0.15) is 13.2 Å². The quantitative estimate of drug-likeness (QED) is 0.298. The Morgan fingerprint density at radius 1 is 1.00 bits per heavy atom. The zero-order chi connectivity index (χ0) is 25.0. The van der Waals surface area contributed by atoms with E-state index in [9.17, 15) is 23.1 Å². The minimum atomic E-state index is -4.37. The number of aryl methyl sites for hydroxylation is 1. The molecule has 4 aromatic rings. The van der Waals surface area contributed by atoms with Gasteiger partial charge < -0.3 is 14.4 Å². The first-order chi connectivity index (χ1) is 16.7. The fourth-order valence-corrected chi connectivity index (χ4v) is 3.77. The second kappa shape index (κ2) is 10.0. The molecule has 180 valence electrons. The molecule has 5 nitrogen and oxygen atoms in total. The Balaban J connectivity index is 1.44. The number of hydrogen-bond acceptors (Lipinski definition) is 4. The van der Waals surface area contributed by atoms with Gasteiger partial charge in [0.1, 0.15) is 18.1 Å². The van der Waals surface area contributed by atoms with Crippen LogP contribution in [0.1, 0.15) is 40.5 Å². The van der Waals surface area contributed by atoms with E-state index in [1.165, 1.54) is 12.1 Å². The maximum atomic E-state index is 12.8. The van der Waals surface area contributed by atoms with Crippen LogP contribution >= 0.6 is 0 Å². The SMILES string of the molecule is Cc1cc([C@@H](CC(=O)O)c2ccc(OCc3cccc(-c4ccc(C(F)(F)F)cc4)c3)cc2)no1. The minimum absolute atomic E-state index is 0.122. The maximum Gasteiger partial charge on any atom is 0.416 e. The van der Waals surface area contributed by atoms with Crippen molar-refractivity contribution in [3.8, 4) is 16.9 Å². The van der Waals surface area contributed by atoms with Crippen LogP contribution in [0, 0.1) is 6.92 Å². The smallest absolute Gasteiger partial charge is 0.416 e. The highest BCUT2D eigenvalue weighted by Crippen LogP contribution is 2.32. The van der Waals surface area contributed by atoms with Gasteiger partial charge in [0, 0.05) is 12.0 Å². The summed E-state index contributed by atoms with van der Waals surface area (Å²) in [5.41, 5.74) is 2.96. The van der Waals surface area contributed by atoms with E-state index < -0.39 is 23.6 Å². The molecular formula is C27H22F3NO4. The fraction of sp³-hybridized carbons (Fsp3) is 0.185. The lowest BCUT2D eigenvalue weighted by Crippen LogP contribution is -2.08. The van der Waals surface area contributed by atoms with Gasteiger partial charge in [0.05, 0.1) is 17.7 Å². The molecule has 0 aliphatic carbocycles. The molecule has 0 aliphatic heterocycles. The van der Waals surface area contributed by atoms with E-state index in [4.69, 9.17) is 9.26 Å². The molecule has 4 rings (SSSR count). The molecule has 3 aromatic carbocycles. The first kappa shape index (κ1) is 24.1. The van der Waals surface area contributed by atoms with Crippen molar-refractivity contribution >= 4 is 5.97 Å². The van der Waals surface area contributed by atoms with Crippen molar-refractivity contribution < 1.29 is 32.3 Å². The monoisotopic (exact) mass is 481 g/mol. The summed E-state index contributed by atoms with van der Waals surface area (Å²) in [5.74, 6) is -0.184. The van der Waals surface area contributed by atoms with Gasteiger partial charge in [-0.3, -0.25) is 4.79 Å². The van der Waals surface area contributed by atoms with Crippen molar-refractivity contribution in [3.63, 3.8) is 0 Å². The summed E-state index contributed by atoms with van der Waals surface area (Å²) in [6.07, 6.45) is -4.49. The summed E-state index contributed by atoms with van der Waals surface area (Å²) < 4.78 is 49.4. The average molecular weight is 481 g/mol. The molecule has 0 saturated heterocycles. The summed E-state index contributed by atoms with van der Waals surface area (Å²) in [6, 6.07) is 21.3. The second-order valence-electron chi connectivity index (χ2n) is 8.15. The van der Waals surface area contributed by atoms with Crippen molar-refractivity contribution in [2.24, 2.45) is 0 Å². The lowest BCUT2D eigenvalue weighted by Gasteiger charge is -2.14.